The predicted molar refractivity (Wildman–Crippen MR) is 34.6 cm³/mol. The van der Waals surface area contributed by atoms with Crippen molar-refractivity contribution in [3.8, 4) is 0 Å². The molecule has 0 aliphatic rings. The van der Waals surface area contributed by atoms with E-state index in [4.69, 9.17) is 32.5 Å². The Labute approximate surface area is 126 Å². The fraction of sp³-hybridized carbons (Fsp3) is 0. The molecule has 13 heavy (non-hydrogen) atoms. The molecule has 0 saturated heterocycles. The molecule has 8 nitrogen and oxygen atoms in total. The van der Waals surface area contributed by atoms with Crippen LogP contribution in [0.4, 0.5) is 4.79 Å². The van der Waals surface area contributed by atoms with E-state index in [1.807, 2.05) is 0 Å². The van der Waals surface area contributed by atoms with Crippen LogP contribution >= 0.6 is 0 Å². The fourth-order valence-electron chi connectivity index (χ4n) is 0. The van der Waals surface area contributed by atoms with Crippen LogP contribution in [0.5, 0.6) is 0 Å². The first-order valence-corrected chi connectivity index (χ1v) is 2.65. The zero-order chi connectivity index (χ0) is 8.08. The van der Waals surface area contributed by atoms with E-state index in [0.717, 1.165) is 0 Å². The van der Waals surface area contributed by atoms with E-state index in [0.29, 0.717) is 0 Å². The molecule has 0 spiro atoms. The van der Waals surface area contributed by atoms with Gasteiger partial charge in [-0.05, 0) is 0 Å². The molecule has 72 valence electrons. The second-order valence-electron chi connectivity index (χ2n) is 0.691. The molecule has 0 bridgehead atoms. The molecule has 0 aromatic rings. The van der Waals surface area contributed by atoms with E-state index in [9.17, 15) is 0 Å². The third-order valence-electron chi connectivity index (χ3n) is 0. The van der Waals surface area contributed by atoms with Crippen LogP contribution in [0, 0.1) is 0 Å². The van der Waals surface area contributed by atoms with E-state index in [1.54, 1.807) is 0 Å². The zero-order valence-corrected chi connectivity index (χ0v) is 11.3. The van der Waals surface area contributed by atoms with Crippen LogP contribution in [0.15, 0.2) is 0 Å². The molecule has 0 amide bonds. The van der Waals surface area contributed by atoms with Gasteiger partial charge in [-0.25, -0.2) is 4.79 Å². The van der Waals surface area contributed by atoms with Crippen molar-refractivity contribution in [2.45, 2.75) is 0 Å². The normalized spacial score (nSPS) is 6.31. The second-order valence-corrected chi connectivity index (χ2v) is 1.51. The van der Waals surface area contributed by atoms with Gasteiger partial charge in [-0.1, -0.05) is 0 Å². The quantitative estimate of drug-likeness (QED) is 0.251. The van der Waals surface area contributed by atoms with Gasteiger partial charge >= 0.3 is 66.9 Å². The summed E-state index contributed by atoms with van der Waals surface area (Å²) in [7, 11) is -5.17. The number of hydrogen-bond acceptors (Lipinski definition) is 6. The topological polar surface area (TPSA) is 168 Å². The molecule has 0 aromatic carbocycles. The molecule has 0 rings (SSSR count). The number of carbonyl (C=O) groups is 1. The second kappa shape index (κ2) is 19.1. The number of halogens is 1. The molecule has 0 fully saturated rings. The van der Waals surface area contributed by atoms with E-state index in [-0.39, 0.29) is 78.7 Å². The van der Waals surface area contributed by atoms with E-state index in [1.165, 1.54) is 0 Å². The maximum absolute atomic E-state index is 8.56. The van der Waals surface area contributed by atoms with E-state index >= 15 is 0 Å². The number of hydrogen-bond donors (Lipinski definition) is 2. The standard InChI is InChI=1S/CH2O3.Ca.ClH.Mg.H2O4S.H2O/c2-1(3)4;;;;1-5(2,3)4;/h(H2,2,3,4);;1H;;(H2,1,2,3,4);1H2/q;+2;;+2;;/p-4. The van der Waals surface area contributed by atoms with Gasteiger partial charge in [0, 0.05) is 10.4 Å². The van der Waals surface area contributed by atoms with Crippen LogP contribution in [-0.2, 0) is 10.4 Å². The summed E-state index contributed by atoms with van der Waals surface area (Å²) in [6.07, 6.45) is -1.83. The minimum atomic E-state index is -5.17. The average Bonchev–Trinajstić information content (AvgIpc) is 1.19. The van der Waals surface area contributed by atoms with Gasteiger partial charge < -0.3 is 37.2 Å². The molecule has 3 N–H and O–H groups in total. The predicted octanol–water partition coefficient (Wildman–Crippen LogP) is -5.05. The van der Waals surface area contributed by atoms with Crippen molar-refractivity contribution < 1.29 is 50.4 Å². The average molecular weight is 275 g/mol. The minimum Gasteiger partial charge on any atom is -1.00 e. The largest absolute Gasteiger partial charge is 2.00 e. The number of carboxylic acid groups (broad SMARTS) is 2. The third kappa shape index (κ3) is 872. The Morgan fingerprint density at radius 3 is 1.15 bits per heavy atom. The van der Waals surface area contributed by atoms with Crippen LogP contribution in [0.25, 0.3) is 0 Å². The van der Waals surface area contributed by atoms with Crippen molar-refractivity contribution in [2.75, 3.05) is 0 Å². The van der Waals surface area contributed by atoms with Gasteiger partial charge in [-0.2, -0.15) is 0 Å². The molecule has 12 heteroatoms. The van der Waals surface area contributed by atoms with Crippen LogP contribution in [0.2, 0.25) is 0 Å². The smallest absolute Gasteiger partial charge is 1.00 e. The van der Waals surface area contributed by atoms with E-state index in [2.05, 4.69) is 0 Å². The molecule has 0 heterocycles. The van der Waals surface area contributed by atoms with Crippen molar-refractivity contribution in [2.24, 2.45) is 0 Å². The van der Waals surface area contributed by atoms with E-state index < -0.39 is 16.6 Å². The van der Waals surface area contributed by atoms with Crippen LogP contribution in [0.1, 0.15) is 0 Å². The summed E-state index contributed by atoms with van der Waals surface area (Å²) in [6, 6.07) is 0. The van der Waals surface area contributed by atoms with Gasteiger partial charge in [-0.3, -0.25) is 8.42 Å². The van der Waals surface area contributed by atoms with Crippen LogP contribution in [0.3, 0.4) is 0 Å². The molecule has 0 aliphatic heterocycles. The molecular weight excluding hydrogens is 272 g/mol. The first-order chi connectivity index (χ1) is 3.73. The molecule has 0 unspecified atom stereocenters. The number of rotatable bonds is 0. The van der Waals surface area contributed by atoms with Crippen molar-refractivity contribution in [1.82, 2.24) is 0 Å². The fourth-order valence-corrected chi connectivity index (χ4v) is 0. The molecule has 0 aromatic heterocycles. The van der Waals surface area contributed by atoms with Gasteiger partial charge in [0.2, 0.25) is 0 Å². The summed E-state index contributed by atoms with van der Waals surface area (Å²) in [5.41, 5.74) is 0. The van der Waals surface area contributed by atoms with Gasteiger partial charge in [0.25, 0.3) is 0 Å². The Morgan fingerprint density at radius 1 is 1.15 bits per heavy atom. The van der Waals surface area contributed by atoms with Crippen molar-refractivity contribution in [3.63, 3.8) is 0 Å². The molecule has 0 aliphatic carbocycles. The summed E-state index contributed by atoms with van der Waals surface area (Å²) in [6.45, 7) is 0. The Balaban J connectivity index is -0.0000000146. The van der Waals surface area contributed by atoms with Crippen molar-refractivity contribution >= 4 is 77.3 Å². The summed E-state index contributed by atoms with van der Waals surface area (Å²) in [4.78, 5) is 8.56. The third-order valence-corrected chi connectivity index (χ3v) is 0. The first-order valence-electron chi connectivity index (χ1n) is 1.32. The van der Waals surface area contributed by atoms with Gasteiger partial charge in [0.1, 0.15) is 0 Å². The molecule has 0 radical (unpaired) electrons. The summed E-state index contributed by atoms with van der Waals surface area (Å²) < 4.78 is 34.1. The van der Waals surface area contributed by atoms with Gasteiger partial charge in [0.05, 0.1) is 0 Å². The Bertz CT molecular complexity index is 167. The monoisotopic (exact) mass is 274 g/mol. The summed E-state index contributed by atoms with van der Waals surface area (Å²) >= 11 is 0. The Kier molecular flexibility index (Phi) is 53.7. The molecule has 0 saturated carbocycles. The summed E-state index contributed by atoms with van der Waals surface area (Å²) in [5, 5.41) is 13.9. The Hall–Kier alpha value is 1.42. The SMILES string of the molecule is O=C(O)O.O=S(=O)([O-])[O-].[Ca+2].[Cl-].[Mg+2].[OH-]. The van der Waals surface area contributed by atoms with Crippen LogP contribution in [-0.4, -0.2) is 100 Å². The van der Waals surface area contributed by atoms with Gasteiger partial charge in [-0.15, -0.1) is 0 Å². The Morgan fingerprint density at radius 2 is 1.15 bits per heavy atom. The maximum atomic E-state index is 8.56. The van der Waals surface area contributed by atoms with Crippen molar-refractivity contribution in [1.29, 1.82) is 0 Å². The van der Waals surface area contributed by atoms with Gasteiger partial charge in [0.15, 0.2) is 0 Å². The summed E-state index contributed by atoms with van der Waals surface area (Å²) in [5.74, 6) is 0. The van der Waals surface area contributed by atoms with Crippen LogP contribution < -0.4 is 12.4 Å². The maximum Gasteiger partial charge on any atom is 2.00 e. The molecular formula is CH3CaClMgO8S. The minimum absolute atomic E-state index is 0. The van der Waals surface area contributed by atoms with Crippen molar-refractivity contribution in [3.05, 3.63) is 0 Å². The zero-order valence-electron chi connectivity index (χ0n) is 6.08. The molecule has 0 atom stereocenters. The first kappa shape index (κ1) is 36.6.